The van der Waals surface area contributed by atoms with Gasteiger partial charge in [-0.3, -0.25) is 9.69 Å². The van der Waals surface area contributed by atoms with Crippen LogP contribution in [-0.4, -0.2) is 36.5 Å². The molecule has 1 unspecified atom stereocenters. The summed E-state index contributed by atoms with van der Waals surface area (Å²) < 4.78 is 5.03. The van der Waals surface area contributed by atoms with E-state index in [0.29, 0.717) is 23.7 Å². The predicted molar refractivity (Wildman–Crippen MR) is 104 cm³/mol. The van der Waals surface area contributed by atoms with Gasteiger partial charge in [0.1, 0.15) is 5.00 Å². The van der Waals surface area contributed by atoms with Gasteiger partial charge in [0.05, 0.1) is 18.7 Å². The van der Waals surface area contributed by atoms with Crippen LogP contribution in [0, 0.1) is 6.92 Å². The highest BCUT2D eigenvalue weighted by Crippen LogP contribution is 2.32. The van der Waals surface area contributed by atoms with Crippen molar-refractivity contribution >= 4 is 28.2 Å². The molecular weight excluding hydrogens is 348 g/mol. The fourth-order valence-electron chi connectivity index (χ4n) is 3.31. The van der Waals surface area contributed by atoms with Crippen LogP contribution in [-0.2, 0) is 9.53 Å². The van der Waals surface area contributed by atoms with Crippen LogP contribution in [0.3, 0.4) is 0 Å². The van der Waals surface area contributed by atoms with E-state index < -0.39 is 5.97 Å². The van der Waals surface area contributed by atoms with Crippen LogP contribution in [0.2, 0.25) is 0 Å². The van der Waals surface area contributed by atoms with Crippen molar-refractivity contribution in [1.29, 1.82) is 0 Å². The van der Waals surface area contributed by atoms with E-state index in [4.69, 9.17) is 4.74 Å². The lowest BCUT2D eigenvalue weighted by Crippen LogP contribution is -2.33. The van der Waals surface area contributed by atoms with E-state index in [-0.39, 0.29) is 11.9 Å². The van der Waals surface area contributed by atoms with Gasteiger partial charge >= 0.3 is 5.97 Å². The first-order valence-corrected chi connectivity index (χ1v) is 9.81. The largest absolute Gasteiger partial charge is 0.462 e. The second-order valence-corrected chi connectivity index (χ2v) is 7.39. The Morgan fingerprint density at radius 2 is 2.04 bits per heavy atom. The highest BCUT2D eigenvalue weighted by Gasteiger charge is 2.28. The Bertz CT molecular complexity index is 770. The topological polar surface area (TPSA) is 58.6 Å². The Balaban J connectivity index is 1.64. The second-order valence-electron chi connectivity index (χ2n) is 6.47. The molecule has 6 heteroatoms. The van der Waals surface area contributed by atoms with Crippen molar-refractivity contribution in [1.82, 2.24) is 4.90 Å². The van der Waals surface area contributed by atoms with Gasteiger partial charge in [0.25, 0.3) is 0 Å². The minimum Gasteiger partial charge on any atom is -0.462 e. The summed E-state index contributed by atoms with van der Waals surface area (Å²) in [6.45, 7) is 5.38. The predicted octanol–water partition coefficient (Wildman–Crippen LogP) is 4.01. The Morgan fingerprint density at radius 3 is 2.77 bits per heavy atom. The van der Waals surface area contributed by atoms with E-state index >= 15 is 0 Å². The summed E-state index contributed by atoms with van der Waals surface area (Å²) in [5.41, 5.74) is 2.91. The second kappa shape index (κ2) is 8.47. The zero-order valence-corrected chi connectivity index (χ0v) is 16.0. The fourth-order valence-corrected chi connectivity index (χ4v) is 4.10. The molecule has 1 aromatic carbocycles. The molecule has 138 valence electrons. The number of carbonyl (C=O) groups excluding carboxylic acids is 2. The van der Waals surface area contributed by atoms with Gasteiger partial charge in [0.2, 0.25) is 5.91 Å². The number of hydrogen-bond donors (Lipinski definition) is 1. The molecule has 2 aromatic rings. The number of rotatable bonds is 6. The van der Waals surface area contributed by atoms with Crippen LogP contribution in [0.4, 0.5) is 5.00 Å². The third-order valence-electron chi connectivity index (χ3n) is 4.59. The van der Waals surface area contributed by atoms with E-state index in [2.05, 4.69) is 41.4 Å². The summed E-state index contributed by atoms with van der Waals surface area (Å²) >= 11 is 1.34. The molecule has 1 saturated heterocycles. The molecule has 26 heavy (non-hydrogen) atoms. The van der Waals surface area contributed by atoms with E-state index in [1.165, 1.54) is 22.5 Å². The molecule has 1 aliphatic rings. The van der Waals surface area contributed by atoms with E-state index in [1.807, 2.05) is 0 Å². The number of thiophene rings is 1. The number of amides is 1. The molecule has 0 aliphatic carbocycles. The van der Waals surface area contributed by atoms with Gasteiger partial charge in [-0.1, -0.05) is 29.8 Å². The van der Waals surface area contributed by atoms with Crippen molar-refractivity contribution < 1.29 is 14.3 Å². The maximum Gasteiger partial charge on any atom is 0.341 e. The molecular formula is C20H24N2O3S. The van der Waals surface area contributed by atoms with E-state index in [9.17, 15) is 9.59 Å². The Hall–Kier alpha value is -2.18. The maximum absolute atomic E-state index is 12.5. The van der Waals surface area contributed by atoms with Crippen molar-refractivity contribution in [3.63, 3.8) is 0 Å². The average molecular weight is 372 g/mol. The zero-order valence-electron chi connectivity index (χ0n) is 15.2. The first-order chi connectivity index (χ1) is 12.6. The van der Waals surface area contributed by atoms with Crippen LogP contribution < -0.4 is 5.32 Å². The Labute approximate surface area is 158 Å². The number of hydrogen-bond acceptors (Lipinski definition) is 5. The van der Waals surface area contributed by atoms with Crippen LogP contribution in [0.1, 0.15) is 47.3 Å². The van der Waals surface area contributed by atoms with Gasteiger partial charge in [0.15, 0.2) is 0 Å². The standard InChI is InChI=1S/C20H24N2O3S/c1-3-25-20(24)16-10-12-26-19(16)21-18(23)13-22-11-4-5-17(22)15-8-6-14(2)7-9-15/h6-10,12,17H,3-5,11,13H2,1-2H3,(H,21,23). The number of nitrogens with one attached hydrogen (secondary N) is 1. The van der Waals surface area contributed by atoms with Crippen molar-refractivity contribution in [2.75, 3.05) is 25.0 Å². The summed E-state index contributed by atoms with van der Waals surface area (Å²) in [5.74, 6) is -0.500. The molecule has 1 aliphatic heterocycles. The first kappa shape index (κ1) is 18.6. The monoisotopic (exact) mass is 372 g/mol. The molecule has 5 nitrogen and oxygen atoms in total. The number of likely N-dealkylation sites (tertiary alicyclic amines) is 1. The number of carbonyl (C=O) groups is 2. The third kappa shape index (κ3) is 4.31. The molecule has 1 aromatic heterocycles. The number of nitrogens with zero attached hydrogens (tertiary/aromatic N) is 1. The van der Waals surface area contributed by atoms with Gasteiger partial charge in [0, 0.05) is 6.04 Å². The summed E-state index contributed by atoms with van der Waals surface area (Å²) in [6.07, 6.45) is 2.14. The number of benzene rings is 1. The number of anilines is 1. The van der Waals surface area contributed by atoms with Crippen molar-refractivity contribution in [3.05, 3.63) is 52.4 Å². The van der Waals surface area contributed by atoms with Crippen LogP contribution in [0.5, 0.6) is 0 Å². The molecule has 1 fully saturated rings. The third-order valence-corrected chi connectivity index (χ3v) is 5.42. The molecule has 0 bridgehead atoms. The fraction of sp³-hybridized carbons (Fsp3) is 0.400. The maximum atomic E-state index is 12.5. The SMILES string of the molecule is CCOC(=O)c1ccsc1NC(=O)CN1CCCC1c1ccc(C)cc1. The Kier molecular flexibility index (Phi) is 6.06. The van der Waals surface area contributed by atoms with Gasteiger partial charge in [-0.25, -0.2) is 4.79 Å². The molecule has 0 radical (unpaired) electrons. The molecule has 3 rings (SSSR count). The molecule has 0 spiro atoms. The minimum absolute atomic E-state index is 0.1000. The smallest absolute Gasteiger partial charge is 0.341 e. The summed E-state index contributed by atoms with van der Waals surface area (Å²) in [5, 5.41) is 5.21. The molecule has 2 heterocycles. The van der Waals surface area contributed by atoms with Gasteiger partial charge in [-0.15, -0.1) is 11.3 Å². The van der Waals surface area contributed by atoms with Crippen LogP contribution in [0.25, 0.3) is 0 Å². The van der Waals surface area contributed by atoms with Crippen molar-refractivity contribution in [2.24, 2.45) is 0 Å². The van der Waals surface area contributed by atoms with Crippen LogP contribution in [0.15, 0.2) is 35.7 Å². The highest BCUT2D eigenvalue weighted by molar-refractivity contribution is 7.14. The summed E-state index contributed by atoms with van der Waals surface area (Å²) in [7, 11) is 0. The van der Waals surface area contributed by atoms with Gasteiger partial charge in [-0.2, -0.15) is 0 Å². The lowest BCUT2D eigenvalue weighted by Gasteiger charge is -2.24. The zero-order chi connectivity index (χ0) is 18.5. The lowest BCUT2D eigenvalue weighted by atomic mass is 10.0. The van der Waals surface area contributed by atoms with Gasteiger partial charge in [-0.05, 0) is 50.2 Å². The summed E-state index contributed by atoms with van der Waals surface area (Å²) in [4.78, 5) is 26.7. The Morgan fingerprint density at radius 1 is 1.27 bits per heavy atom. The molecule has 1 atom stereocenters. The van der Waals surface area contributed by atoms with E-state index in [1.54, 1.807) is 18.4 Å². The van der Waals surface area contributed by atoms with Gasteiger partial charge < -0.3 is 10.1 Å². The van der Waals surface area contributed by atoms with Crippen molar-refractivity contribution in [2.45, 2.75) is 32.7 Å². The lowest BCUT2D eigenvalue weighted by molar-refractivity contribution is -0.117. The normalized spacial score (nSPS) is 17.2. The quantitative estimate of drug-likeness (QED) is 0.779. The van der Waals surface area contributed by atoms with E-state index in [0.717, 1.165) is 19.4 Å². The molecule has 1 amide bonds. The number of aryl methyl sites for hydroxylation is 1. The number of esters is 1. The average Bonchev–Trinajstić information content (AvgIpc) is 3.25. The highest BCUT2D eigenvalue weighted by atomic mass is 32.1. The summed E-state index contributed by atoms with van der Waals surface area (Å²) in [6, 6.07) is 10.5. The molecule has 1 N–H and O–H groups in total. The first-order valence-electron chi connectivity index (χ1n) is 8.93. The van der Waals surface area contributed by atoms with Crippen molar-refractivity contribution in [3.8, 4) is 0 Å². The minimum atomic E-state index is -0.400. The molecule has 0 saturated carbocycles. The number of ether oxygens (including phenoxy) is 1. The van der Waals surface area contributed by atoms with Crippen LogP contribution >= 0.6 is 11.3 Å².